The third-order valence-electron chi connectivity index (χ3n) is 3.78. The second-order valence-corrected chi connectivity index (χ2v) is 4.89. The molecule has 0 spiro atoms. The number of hydrogen-bond donors (Lipinski definition) is 0. The Bertz CT molecular complexity index is 579. The molecular formula is C15H17NO5. The van der Waals surface area contributed by atoms with Crippen molar-refractivity contribution in [2.45, 2.75) is 25.4 Å². The molecule has 2 rings (SSSR count). The molecule has 6 heteroatoms. The van der Waals surface area contributed by atoms with Gasteiger partial charge in [0.2, 0.25) is 11.4 Å². The van der Waals surface area contributed by atoms with E-state index in [2.05, 4.69) is 0 Å². The second kappa shape index (κ2) is 5.55. The molecule has 0 unspecified atom stereocenters. The average Bonchev–Trinajstić information content (AvgIpc) is 2.51. The highest BCUT2D eigenvalue weighted by Gasteiger charge is 2.56. The van der Waals surface area contributed by atoms with Crippen molar-refractivity contribution in [3.63, 3.8) is 0 Å². The standard InChI is InChI=1S/C15H17NO5/c1-10(17)16-9-12-7-5-4-6-11(12)8-15(16,13(18)20-2)14(19)21-3/h4-7H,8-9H2,1-3H3. The molecule has 1 aromatic rings. The lowest BCUT2D eigenvalue weighted by atomic mass is 9.82. The molecule has 112 valence electrons. The van der Waals surface area contributed by atoms with Crippen LogP contribution >= 0.6 is 0 Å². The zero-order valence-corrected chi connectivity index (χ0v) is 12.2. The molecule has 0 radical (unpaired) electrons. The number of ether oxygens (including phenoxy) is 2. The van der Waals surface area contributed by atoms with Crippen LogP contribution in [0.3, 0.4) is 0 Å². The van der Waals surface area contributed by atoms with Gasteiger partial charge in [-0.2, -0.15) is 0 Å². The molecule has 1 aliphatic rings. The molecular weight excluding hydrogens is 274 g/mol. The fourth-order valence-electron chi connectivity index (χ4n) is 2.73. The molecule has 21 heavy (non-hydrogen) atoms. The second-order valence-electron chi connectivity index (χ2n) is 4.89. The van der Waals surface area contributed by atoms with Crippen LogP contribution < -0.4 is 0 Å². The lowest BCUT2D eigenvalue weighted by Gasteiger charge is -2.42. The van der Waals surface area contributed by atoms with Crippen molar-refractivity contribution in [3.8, 4) is 0 Å². The number of nitrogens with zero attached hydrogens (tertiary/aromatic N) is 1. The molecule has 0 bridgehead atoms. The first-order chi connectivity index (χ1) is 9.97. The van der Waals surface area contributed by atoms with E-state index in [0.717, 1.165) is 11.1 Å². The van der Waals surface area contributed by atoms with Crippen molar-refractivity contribution in [1.82, 2.24) is 4.90 Å². The Kier molecular flexibility index (Phi) is 3.97. The van der Waals surface area contributed by atoms with Crippen LogP contribution in [0.5, 0.6) is 0 Å². The van der Waals surface area contributed by atoms with E-state index in [1.807, 2.05) is 24.3 Å². The maximum atomic E-state index is 12.3. The van der Waals surface area contributed by atoms with Crippen LogP contribution in [0.15, 0.2) is 24.3 Å². The summed E-state index contributed by atoms with van der Waals surface area (Å²) in [6.45, 7) is 1.48. The molecule has 0 aliphatic carbocycles. The summed E-state index contributed by atoms with van der Waals surface area (Å²) >= 11 is 0. The van der Waals surface area contributed by atoms with Gasteiger partial charge >= 0.3 is 11.9 Å². The molecule has 0 atom stereocenters. The van der Waals surface area contributed by atoms with Crippen molar-refractivity contribution in [1.29, 1.82) is 0 Å². The SMILES string of the molecule is COC(=O)C1(C(=O)OC)Cc2ccccc2CN1C(C)=O. The summed E-state index contributed by atoms with van der Waals surface area (Å²) in [7, 11) is 2.37. The number of carbonyl (C=O) groups excluding carboxylic acids is 3. The first-order valence-corrected chi connectivity index (χ1v) is 6.49. The van der Waals surface area contributed by atoms with Crippen molar-refractivity contribution >= 4 is 17.8 Å². The summed E-state index contributed by atoms with van der Waals surface area (Å²) in [5, 5.41) is 0. The molecule has 0 saturated carbocycles. The molecule has 1 aromatic carbocycles. The number of amides is 1. The van der Waals surface area contributed by atoms with Crippen LogP contribution in [-0.4, -0.2) is 42.5 Å². The van der Waals surface area contributed by atoms with Gasteiger partial charge in [-0.25, -0.2) is 9.59 Å². The maximum Gasteiger partial charge on any atom is 0.344 e. The van der Waals surface area contributed by atoms with Gasteiger partial charge in [0.1, 0.15) is 0 Å². The Morgan fingerprint density at radius 3 is 2.05 bits per heavy atom. The Labute approximate surface area is 122 Å². The van der Waals surface area contributed by atoms with Crippen LogP contribution in [-0.2, 0) is 36.8 Å². The van der Waals surface area contributed by atoms with Gasteiger partial charge in [0.05, 0.1) is 14.2 Å². The lowest BCUT2D eigenvalue weighted by Crippen LogP contribution is -2.65. The summed E-state index contributed by atoms with van der Waals surface area (Å²) in [6, 6.07) is 7.36. The van der Waals surface area contributed by atoms with Gasteiger partial charge < -0.3 is 14.4 Å². The Hall–Kier alpha value is -2.37. The Balaban J connectivity index is 2.62. The number of benzene rings is 1. The molecule has 1 heterocycles. The van der Waals surface area contributed by atoms with Crippen LogP contribution in [0.4, 0.5) is 0 Å². The molecule has 0 fully saturated rings. The molecule has 0 saturated heterocycles. The van der Waals surface area contributed by atoms with E-state index in [4.69, 9.17) is 9.47 Å². The van der Waals surface area contributed by atoms with E-state index in [1.165, 1.54) is 26.0 Å². The van der Waals surface area contributed by atoms with Crippen molar-refractivity contribution in [2.75, 3.05) is 14.2 Å². The molecule has 1 amide bonds. The Morgan fingerprint density at radius 2 is 1.57 bits per heavy atom. The predicted octanol–water partition coefficient (Wildman–Crippen LogP) is 0.676. The average molecular weight is 291 g/mol. The van der Waals surface area contributed by atoms with E-state index in [0.29, 0.717) is 0 Å². The third-order valence-corrected chi connectivity index (χ3v) is 3.78. The minimum atomic E-state index is -1.76. The zero-order chi connectivity index (χ0) is 15.6. The minimum absolute atomic E-state index is 0.0437. The summed E-state index contributed by atoms with van der Waals surface area (Å²) < 4.78 is 9.56. The quantitative estimate of drug-likeness (QED) is 0.591. The number of rotatable bonds is 2. The summed E-state index contributed by atoms with van der Waals surface area (Å²) in [6.07, 6.45) is 0.0437. The van der Waals surface area contributed by atoms with Gasteiger partial charge in [0, 0.05) is 19.9 Å². The lowest BCUT2D eigenvalue weighted by molar-refractivity contribution is -0.178. The van der Waals surface area contributed by atoms with Crippen LogP contribution in [0, 0.1) is 0 Å². The fraction of sp³-hybridized carbons (Fsp3) is 0.400. The van der Waals surface area contributed by atoms with Gasteiger partial charge in [0.25, 0.3) is 0 Å². The van der Waals surface area contributed by atoms with Crippen molar-refractivity contribution in [2.24, 2.45) is 0 Å². The fourth-order valence-corrected chi connectivity index (χ4v) is 2.73. The van der Waals surface area contributed by atoms with Crippen molar-refractivity contribution < 1.29 is 23.9 Å². The van der Waals surface area contributed by atoms with Gasteiger partial charge in [-0.3, -0.25) is 4.79 Å². The van der Waals surface area contributed by atoms with Crippen LogP contribution in [0.2, 0.25) is 0 Å². The smallest absolute Gasteiger partial charge is 0.344 e. The minimum Gasteiger partial charge on any atom is -0.467 e. The number of methoxy groups -OCH3 is 2. The molecule has 6 nitrogen and oxygen atoms in total. The topological polar surface area (TPSA) is 72.9 Å². The normalized spacial score (nSPS) is 15.9. The highest BCUT2D eigenvalue weighted by molar-refractivity contribution is 6.08. The zero-order valence-electron chi connectivity index (χ0n) is 12.2. The van der Waals surface area contributed by atoms with Crippen molar-refractivity contribution in [3.05, 3.63) is 35.4 Å². The third kappa shape index (κ3) is 2.26. The van der Waals surface area contributed by atoms with Gasteiger partial charge in [-0.15, -0.1) is 0 Å². The number of fused-ring (bicyclic) bond motifs is 1. The van der Waals surface area contributed by atoms with E-state index in [1.54, 1.807) is 0 Å². The van der Waals surface area contributed by atoms with E-state index in [-0.39, 0.29) is 18.9 Å². The summed E-state index contributed by atoms with van der Waals surface area (Å²) in [5.74, 6) is -1.97. The first-order valence-electron chi connectivity index (χ1n) is 6.49. The summed E-state index contributed by atoms with van der Waals surface area (Å²) in [5.41, 5.74) is -0.0362. The Morgan fingerprint density at radius 1 is 1.05 bits per heavy atom. The van der Waals surface area contributed by atoms with Gasteiger partial charge in [-0.1, -0.05) is 24.3 Å². The molecule has 0 aromatic heterocycles. The van der Waals surface area contributed by atoms with E-state index >= 15 is 0 Å². The molecule has 0 N–H and O–H groups in total. The highest BCUT2D eigenvalue weighted by Crippen LogP contribution is 2.33. The largest absolute Gasteiger partial charge is 0.467 e. The number of hydrogen-bond acceptors (Lipinski definition) is 5. The number of esters is 2. The molecule has 1 aliphatic heterocycles. The highest BCUT2D eigenvalue weighted by atomic mass is 16.5. The monoisotopic (exact) mass is 291 g/mol. The summed E-state index contributed by atoms with van der Waals surface area (Å²) in [4.78, 5) is 37.8. The predicted molar refractivity (Wildman–Crippen MR) is 73.1 cm³/mol. The number of carbonyl (C=O) groups is 3. The van der Waals surface area contributed by atoms with E-state index in [9.17, 15) is 14.4 Å². The van der Waals surface area contributed by atoms with Crippen LogP contribution in [0.1, 0.15) is 18.1 Å². The first kappa shape index (κ1) is 15.0. The van der Waals surface area contributed by atoms with Gasteiger partial charge in [-0.05, 0) is 11.1 Å². The van der Waals surface area contributed by atoms with Crippen LogP contribution in [0.25, 0.3) is 0 Å². The van der Waals surface area contributed by atoms with E-state index < -0.39 is 17.5 Å². The van der Waals surface area contributed by atoms with Gasteiger partial charge in [0.15, 0.2) is 0 Å². The maximum absolute atomic E-state index is 12.3.